The van der Waals surface area contributed by atoms with Crippen LogP contribution < -0.4 is 10.2 Å². The number of hydrogen-bond acceptors (Lipinski definition) is 4. The molecule has 0 unspecified atom stereocenters. The minimum absolute atomic E-state index is 0.313. The van der Waals surface area contributed by atoms with Crippen LogP contribution in [0, 0.1) is 0 Å². The first-order valence-corrected chi connectivity index (χ1v) is 5.01. The molecule has 0 saturated carbocycles. The molecule has 10 heteroatoms. The number of pyridine rings is 1. The normalized spacial score (nSPS) is 11.6. The van der Waals surface area contributed by atoms with Crippen molar-refractivity contribution in [1.29, 1.82) is 0 Å². The molecule has 0 bridgehead atoms. The van der Waals surface area contributed by atoms with E-state index in [1.54, 1.807) is 0 Å². The van der Waals surface area contributed by atoms with Crippen LogP contribution in [0.1, 0.15) is 17.8 Å². The summed E-state index contributed by atoms with van der Waals surface area (Å²) in [6.07, 6.45) is -9.28. The van der Waals surface area contributed by atoms with Gasteiger partial charge in [0.05, 0.1) is 13.5 Å². The summed E-state index contributed by atoms with van der Waals surface area (Å²) >= 11 is 0. The summed E-state index contributed by atoms with van der Waals surface area (Å²) in [6, 6.07) is 0.559. The van der Waals surface area contributed by atoms with Gasteiger partial charge in [0.2, 0.25) is 11.2 Å². The van der Waals surface area contributed by atoms with E-state index in [4.69, 9.17) is 0 Å². The van der Waals surface area contributed by atoms with E-state index < -0.39 is 42.1 Å². The first-order valence-electron chi connectivity index (χ1n) is 5.01. The van der Waals surface area contributed by atoms with Crippen molar-refractivity contribution in [1.82, 2.24) is 4.98 Å². The summed E-state index contributed by atoms with van der Waals surface area (Å²) in [5, 5.41) is 0. The predicted octanol–water partition coefficient (Wildman–Crippen LogP) is 1.93. The number of ether oxygens (including phenoxy) is 2. The maximum absolute atomic E-state index is 12.6. The molecule has 1 heterocycles. The maximum atomic E-state index is 12.6. The zero-order chi connectivity index (χ0) is 15.5. The van der Waals surface area contributed by atoms with Crippen LogP contribution in [0.15, 0.2) is 10.9 Å². The number of esters is 1. The number of aromatic nitrogens is 1. The lowest BCUT2D eigenvalue weighted by Crippen LogP contribution is -2.24. The SMILES string of the molecule is COC(=O)Cc1cc(=O)c(OC(F)(F)F)c(C(F)F)[nH]1. The van der Waals surface area contributed by atoms with Gasteiger partial charge in [-0.15, -0.1) is 13.2 Å². The maximum Gasteiger partial charge on any atom is 0.573 e. The summed E-state index contributed by atoms with van der Waals surface area (Å²) in [6.45, 7) is 0. The van der Waals surface area contributed by atoms with E-state index in [2.05, 4.69) is 9.47 Å². The third-order valence-electron chi connectivity index (χ3n) is 2.07. The molecule has 5 nitrogen and oxygen atoms in total. The zero-order valence-corrected chi connectivity index (χ0v) is 9.88. The number of carbonyl (C=O) groups excluding carboxylic acids is 1. The molecular formula is C10H8F5NO4. The average Bonchev–Trinajstić information content (AvgIpc) is 2.30. The molecule has 1 rings (SSSR count). The summed E-state index contributed by atoms with van der Waals surface area (Å²) in [7, 11) is 1.02. The van der Waals surface area contributed by atoms with Gasteiger partial charge in [-0.1, -0.05) is 0 Å². The molecule has 1 aromatic heterocycles. The highest BCUT2D eigenvalue weighted by Gasteiger charge is 2.35. The highest BCUT2D eigenvalue weighted by atomic mass is 19.4. The number of hydrogen-bond donors (Lipinski definition) is 1. The van der Waals surface area contributed by atoms with Crippen molar-refractivity contribution in [2.75, 3.05) is 7.11 Å². The molecule has 0 spiro atoms. The molecule has 0 fully saturated rings. The summed E-state index contributed by atoms with van der Waals surface area (Å²) < 4.78 is 68.9. The molecule has 20 heavy (non-hydrogen) atoms. The Kier molecular flexibility index (Phi) is 4.69. The molecule has 0 saturated heterocycles. The smallest absolute Gasteiger partial charge is 0.469 e. The van der Waals surface area contributed by atoms with Crippen molar-refractivity contribution in [2.24, 2.45) is 0 Å². The van der Waals surface area contributed by atoms with Gasteiger partial charge in [-0.3, -0.25) is 9.59 Å². The lowest BCUT2D eigenvalue weighted by Gasteiger charge is -2.13. The van der Waals surface area contributed by atoms with Gasteiger partial charge in [0.15, 0.2) is 0 Å². The first kappa shape index (κ1) is 15.9. The van der Waals surface area contributed by atoms with E-state index in [1.165, 1.54) is 0 Å². The molecule has 0 aromatic carbocycles. The lowest BCUT2D eigenvalue weighted by molar-refractivity contribution is -0.275. The van der Waals surface area contributed by atoms with Crippen LogP contribution in [-0.4, -0.2) is 24.4 Å². The topological polar surface area (TPSA) is 68.4 Å². The molecule has 0 radical (unpaired) electrons. The van der Waals surface area contributed by atoms with Crippen molar-refractivity contribution >= 4 is 5.97 Å². The molecule has 0 atom stereocenters. The van der Waals surface area contributed by atoms with Gasteiger partial charge < -0.3 is 14.5 Å². The fourth-order valence-electron chi connectivity index (χ4n) is 1.32. The van der Waals surface area contributed by atoms with Gasteiger partial charge in [-0.05, 0) is 0 Å². The fraction of sp³-hybridized carbons (Fsp3) is 0.400. The van der Waals surface area contributed by atoms with E-state index >= 15 is 0 Å². The number of rotatable bonds is 4. The van der Waals surface area contributed by atoms with Crippen molar-refractivity contribution < 1.29 is 36.2 Å². The van der Waals surface area contributed by atoms with Gasteiger partial charge in [0.1, 0.15) is 5.69 Å². The van der Waals surface area contributed by atoms with Crippen LogP contribution in [0.3, 0.4) is 0 Å². The monoisotopic (exact) mass is 301 g/mol. The molecule has 1 aromatic rings. The van der Waals surface area contributed by atoms with E-state index in [9.17, 15) is 31.5 Å². The third-order valence-corrected chi connectivity index (χ3v) is 2.07. The second-order valence-corrected chi connectivity index (χ2v) is 3.50. The van der Waals surface area contributed by atoms with Crippen LogP contribution in [0.2, 0.25) is 0 Å². The number of aromatic amines is 1. The van der Waals surface area contributed by atoms with Crippen molar-refractivity contribution in [3.05, 3.63) is 27.7 Å². The van der Waals surface area contributed by atoms with Gasteiger partial charge in [0.25, 0.3) is 6.43 Å². The summed E-state index contributed by atoms with van der Waals surface area (Å²) in [5.74, 6) is -2.41. The summed E-state index contributed by atoms with van der Waals surface area (Å²) in [4.78, 5) is 24.2. The van der Waals surface area contributed by atoms with Crippen molar-refractivity contribution in [3.63, 3.8) is 0 Å². The van der Waals surface area contributed by atoms with Crippen LogP contribution in [0.5, 0.6) is 5.75 Å². The standard InChI is InChI=1S/C10H8F5NO4/c1-19-6(18)3-4-2-5(17)8(20-10(13,14)15)7(16-4)9(11)12/h2,9H,3H2,1H3,(H,16,17). The minimum atomic E-state index is -5.29. The molecule has 1 N–H and O–H groups in total. The molecule has 0 aliphatic heterocycles. The number of H-pyrrole nitrogens is 1. The van der Waals surface area contributed by atoms with E-state index in [1.807, 2.05) is 4.98 Å². The summed E-state index contributed by atoms with van der Waals surface area (Å²) in [5.41, 5.74) is -3.09. The van der Waals surface area contributed by atoms with Gasteiger partial charge in [-0.2, -0.15) is 0 Å². The molecular weight excluding hydrogens is 293 g/mol. The fourth-order valence-corrected chi connectivity index (χ4v) is 1.32. The number of methoxy groups -OCH3 is 1. The zero-order valence-electron chi connectivity index (χ0n) is 9.88. The van der Waals surface area contributed by atoms with Crippen molar-refractivity contribution in [3.8, 4) is 5.75 Å². The van der Waals surface area contributed by atoms with Crippen molar-refractivity contribution in [2.45, 2.75) is 19.2 Å². The molecule has 0 aliphatic rings. The Morgan fingerprint density at radius 2 is 2.00 bits per heavy atom. The Bertz CT molecular complexity index is 552. The highest BCUT2D eigenvalue weighted by Crippen LogP contribution is 2.28. The lowest BCUT2D eigenvalue weighted by atomic mass is 10.2. The largest absolute Gasteiger partial charge is 0.573 e. The number of alkyl halides is 5. The first-order chi connectivity index (χ1) is 9.14. The van der Waals surface area contributed by atoms with Gasteiger partial charge >= 0.3 is 12.3 Å². The van der Waals surface area contributed by atoms with Gasteiger partial charge in [-0.25, -0.2) is 8.78 Å². The third kappa shape index (κ3) is 4.21. The Morgan fingerprint density at radius 1 is 1.40 bits per heavy atom. The Balaban J connectivity index is 3.26. The van der Waals surface area contributed by atoms with Crippen LogP contribution in [-0.2, 0) is 16.0 Å². The predicted molar refractivity (Wildman–Crippen MR) is 54.4 cm³/mol. The average molecular weight is 301 g/mol. The number of carbonyl (C=O) groups is 1. The van der Waals surface area contributed by atoms with Crippen LogP contribution in [0.25, 0.3) is 0 Å². The second kappa shape index (κ2) is 5.88. The molecule has 0 amide bonds. The highest BCUT2D eigenvalue weighted by molar-refractivity contribution is 5.71. The molecule has 0 aliphatic carbocycles. The van der Waals surface area contributed by atoms with Gasteiger partial charge in [0, 0.05) is 11.8 Å². The van der Waals surface area contributed by atoms with Crippen LogP contribution in [0.4, 0.5) is 22.0 Å². The number of halogens is 5. The van der Waals surface area contributed by atoms with E-state index in [-0.39, 0.29) is 5.69 Å². The number of nitrogens with one attached hydrogen (secondary N) is 1. The van der Waals surface area contributed by atoms with E-state index in [0.29, 0.717) is 6.07 Å². The quantitative estimate of drug-likeness (QED) is 0.681. The Morgan fingerprint density at radius 3 is 2.45 bits per heavy atom. The Labute approximate surface area is 108 Å². The molecule has 112 valence electrons. The minimum Gasteiger partial charge on any atom is -0.469 e. The van der Waals surface area contributed by atoms with E-state index in [0.717, 1.165) is 7.11 Å². The Hall–Kier alpha value is -2.13. The van der Waals surface area contributed by atoms with Crippen LogP contribution >= 0.6 is 0 Å². The second-order valence-electron chi connectivity index (χ2n) is 3.50.